The van der Waals surface area contributed by atoms with Gasteiger partial charge in [0, 0.05) is 24.7 Å². The van der Waals surface area contributed by atoms with Crippen molar-refractivity contribution in [3.63, 3.8) is 0 Å². The van der Waals surface area contributed by atoms with Crippen LogP contribution in [-0.4, -0.2) is 46.7 Å². The van der Waals surface area contributed by atoms with Gasteiger partial charge in [-0.1, -0.05) is 42.0 Å². The predicted molar refractivity (Wildman–Crippen MR) is 123 cm³/mol. The third-order valence-corrected chi connectivity index (χ3v) is 6.01. The highest BCUT2D eigenvalue weighted by molar-refractivity contribution is 5.46. The van der Waals surface area contributed by atoms with Crippen molar-refractivity contribution in [2.75, 3.05) is 20.8 Å². The van der Waals surface area contributed by atoms with Gasteiger partial charge in [0.25, 0.3) is 0 Å². The van der Waals surface area contributed by atoms with Crippen LogP contribution in [0.1, 0.15) is 36.9 Å². The number of piperidine rings is 1. The Morgan fingerprint density at radius 1 is 1.00 bits per heavy atom. The number of para-hydroxylation sites is 2. The first-order chi connectivity index (χ1) is 15.8. The average Bonchev–Trinajstić information content (AvgIpc) is 3.30. The Morgan fingerprint density at radius 3 is 2.69 bits per heavy atom. The Kier molecular flexibility index (Phi) is 7.61. The van der Waals surface area contributed by atoms with Gasteiger partial charge in [-0.2, -0.15) is 0 Å². The second kappa shape index (κ2) is 11.0. The molecule has 1 atom stereocenters. The molecule has 1 saturated heterocycles. The quantitative estimate of drug-likeness (QED) is 0.472. The minimum atomic E-state index is 0.426. The van der Waals surface area contributed by atoms with Crippen LogP contribution in [-0.2, 0) is 19.7 Å². The van der Waals surface area contributed by atoms with E-state index < -0.39 is 0 Å². The van der Waals surface area contributed by atoms with Gasteiger partial charge >= 0.3 is 0 Å². The first-order valence-corrected chi connectivity index (χ1v) is 11.3. The van der Waals surface area contributed by atoms with Gasteiger partial charge in [-0.3, -0.25) is 9.58 Å². The molecular formula is C25H32N4O3. The smallest absolute Gasteiger partial charge is 0.165 e. The van der Waals surface area contributed by atoms with E-state index in [1.54, 1.807) is 14.2 Å². The second-order valence-electron chi connectivity index (χ2n) is 8.14. The number of benzene rings is 2. The zero-order valence-electron chi connectivity index (χ0n) is 18.9. The van der Waals surface area contributed by atoms with Crippen LogP contribution >= 0.6 is 0 Å². The van der Waals surface area contributed by atoms with Gasteiger partial charge in [0.2, 0.25) is 0 Å². The van der Waals surface area contributed by atoms with Crippen LogP contribution in [0.5, 0.6) is 17.2 Å². The highest BCUT2D eigenvalue weighted by atomic mass is 16.5. The molecule has 0 bridgehead atoms. The third kappa shape index (κ3) is 5.59. The van der Waals surface area contributed by atoms with Crippen LogP contribution in [0.4, 0.5) is 0 Å². The van der Waals surface area contributed by atoms with E-state index in [2.05, 4.69) is 21.3 Å². The standard InChI is InChI=1S/C25H32N4O3/c1-30-24-13-8-9-20(25(24)31-2)17-28-15-7-6-10-22(28)14-16-29-18-21(26-27-29)19-32-23-11-4-3-5-12-23/h3-5,8-9,11-13,18,22H,6-7,10,14-17,19H2,1-2H3. The maximum atomic E-state index is 5.78. The largest absolute Gasteiger partial charge is 0.493 e. The first-order valence-electron chi connectivity index (χ1n) is 11.3. The number of methoxy groups -OCH3 is 2. The number of likely N-dealkylation sites (tertiary alicyclic amines) is 1. The highest BCUT2D eigenvalue weighted by Gasteiger charge is 2.24. The normalized spacial score (nSPS) is 16.6. The van der Waals surface area contributed by atoms with E-state index in [1.165, 1.54) is 24.8 Å². The van der Waals surface area contributed by atoms with E-state index in [9.17, 15) is 0 Å². The zero-order valence-corrected chi connectivity index (χ0v) is 18.9. The van der Waals surface area contributed by atoms with E-state index in [0.29, 0.717) is 12.6 Å². The van der Waals surface area contributed by atoms with Gasteiger partial charge in [0.15, 0.2) is 11.5 Å². The van der Waals surface area contributed by atoms with Crippen molar-refractivity contribution in [1.29, 1.82) is 0 Å². The summed E-state index contributed by atoms with van der Waals surface area (Å²) in [6, 6.07) is 16.4. The molecule has 1 aliphatic heterocycles. The van der Waals surface area contributed by atoms with E-state index in [4.69, 9.17) is 14.2 Å². The molecule has 170 valence electrons. The lowest BCUT2D eigenvalue weighted by atomic mass is 9.98. The van der Waals surface area contributed by atoms with Crippen molar-refractivity contribution in [1.82, 2.24) is 19.9 Å². The van der Waals surface area contributed by atoms with E-state index in [1.807, 2.05) is 53.3 Å². The summed E-state index contributed by atoms with van der Waals surface area (Å²) >= 11 is 0. The number of hydrogen-bond acceptors (Lipinski definition) is 6. The summed E-state index contributed by atoms with van der Waals surface area (Å²) in [6.07, 6.45) is 6.72. The molecule has 2 heterocycles. The van der Waals surface area contributed by atoms with E-state index in [-0.39, 0.29) is 0 Å². The van der Waals surface area contributed by atoms with Crippen molar-refractivity contribution >= 4 is 0 Å². The summed E-state index contributed by atoms with van der Waals surface area (Å²) in [5.74, 6) is 2.46. The van der Waals surface area contributed by atoms with Crippen molar-refractivity contribution in [2.24, 2.45) is 0 Å². The summed E-state index contributed by atoms with van der Waals surface area (Å²) in [5.41, 5.74) is 2.01. The molecule has 0 saturated carbocycles. The Labute approximate surface area is 189 Å². The highest BCUT2D eigenvalue weighted by Crippen LogP contribution is 2.33. The SMILES string of the molecule is COc1cccc(CN2CCCCC2CCn2cc(COc3ccccc3)nn2)c1OC. The lowest BCUT2D eigenvalue weighted by molar-refractivity contribution is 0.125. The van der Waals surface area contributed by atoms with Crippen LogP contribution in [0.3, 0.4) is 0 Å². The van der Waals surface area contributed by atoms with Gasteiger partial charge < -0.3 is 14.2 Å². The lowest BCUT2D eigenvalue weighted by Gasteiger charge is -2.36. The van der Waals surface area contributed by atoms with Crippen LogP contribution in [0.15, 0.2) is 54.7 Å². The molecule has 0 aliphatic carbocycles. The summed E-state index contributed by atoms with van der Waals surface area (Å²) in [7, 11) is 3.39. The summed E-state index contributed by atoms with van der Waals surface area (Å²) in [4.78, 5) is 2.57. The third-order valence-electron chi connectivity index (χ3n) is 6.01. The van der Waals surface area contributed by atoms with Crippen LogP contribution in [0.25, 0.3) is 0 Å². The molecule has 7 nitrogen and oxygen atoms in total. The van der Waals surface area contributed by atoms with Crippen molar-refractivity contribution in [2.45, 2.75) is 51.4 Å². The predicted octanol–water partition coefficient (Wildman–Crippen LogP) is 4.32. The lowest BCUT2D eigenvalue weighted by Crippen LogP contribution is -2.39. The molecule has 1 fully saturated rings. The van der Waals surface area contributed by atoms with Crippen molar-refractivity contribution in [3.8, 4) is 17.2 Å². The topological polar surface area (TPSA) is 61.6 Å². The van der Waals surface area contributed by atoms with Crippen LogP contribution < -0.4 is 14.2 Å². The summed E-state index contributed by atoms with van der Waals surface area (Å²) < 4.78 is 18.8. The fourth-order valence-electron chi connectivity index (χ4n) is 4.36. The van der Waals surface area contributed by atoms with Crippen LogP contribution in [0, 0.1) is 0 Å². The molecule has 7 heteroatoms. The second-order valence-corrected chi connectivity index (χ2v) is 8.14. The number of aromatic nitrogens is 3. The van der Waals surface area contributed by atoms with Crippen molar-refractivity contribution in [3.05, 3.63) is 66.0 Å². The van der Waals surface area contributed by atoms with Gasteiger partial charge in [-0.05, 0) is 44.0 Å². The first kappa shape index (κ1) is 22.1. The van der Waals surface area contributed by atoms with Crippen LogP contribution in [0.2, 0.25) is 0 Å². The average molecular weight is 437 g/mol. The number of nitrogens with zero attached hydrogens (tertiary/aromatic N) is 4. The molecule has 0 radical (unpaired) electrons. The Balaban J connectivity index is 1.34. The fourth-order valence-corrected chi connectivity index (χ4v) is 4.36. The fraction of sp³-hybridized carbons (Fsp3) is 0.440. The van der Waals surface area contributed by atoms with Gasteiger partial charge in [-0.15, -0.1) is 5.10 Å². The minimum Gasteiger partial charge on any atom is -0.493 e. The molecule has 0 amide bonds. The molecule has 1 aliphatic rings. The molecule has 0 N–H and O–H groups in total. The zero-order chi connectivity index (χ0) is 22.2. The molecule has 0 spiro atoms. The van der Waals surface area contributed by atoms with E-state index >= 15 is 0 Å². The van der Waals surface area contributed by atoms with Gasteiger partial charge in [0.05, 0.1) is 20.4 Å². The van der Waals surface area contributed by atoms with Crippen molar-refractivity contribution < 1.29 is 14.2 Å². The number of rotatable bonds is 10. The molecule has 1 aromatic heterocycles. The van der Waals surface area contributed by atoms with Gasteiger partial charge in [0.1, 0.15) is 18.1 Å². The Bertz CT molecular complexity index is 976. The molecule has 2 aromatic carbocycles. The molecule has 3 aromatic rings. The van der Waals surface area contributed by atoms with E-state index in [0.717, 1.165) is 49.0 Å². The molecule has 32 heavy (non-hydrogen) atoms. The minimum absolute atomic E-state index is 0.426. The maximum Gasteiger partial charge on any atom is 0.165 e. The van der Waals surface area contributed by atoms with Gasteiger partial charge in [-0.25, -0.2) is 0 Å². The monoisotopic (exact) mass is 436 g/mol. The summed E-state index contributed by atoms with van der Waals surface area (Å²) in [6.45, 7) is 3.22. The number of hydrogen-bond donors (Lipinski definition) is 0. The summed E-state index contributed by atoms with van der Waals surface area (Å²) in [5, 5.41) is 8.57. The Morgan fingerprint density at radius 2 is 1.88 bits per heavy atom. The maximum absolute atomic E-state index is 5.78. The molecule has 4 rings (SSSR count). The molecule has 1 unspecified atom stereocenters. The molecular weight excluding hydrogens is 404 g/mol. The number of ether oxygens (including phenoxy) is 3. The number of aryl methyl sites for hydroxylation is 1. The Hall–Kier alpha value is -3.06.